The van der Waals surface area contributed by atoms with Crippen LogP contribution in [0, 0.1) is 0 Å². The van der Waals surface area contributed by atoms with Gasteiger partial charge in [-0.3, -0.25) is 0 Å². The normalized spacial score (nSPS) is 24.5. The molecule has 2 fully saturated rings. The molecule has 1 heterocycles. The Labute approximate surface area is 152 Å². The molecule has 1 saturated heterocycles. The maximum atomic E-state index is 12.1. The number of hydrogen-bond donors (Lipinski definition) is 3. The highest BCUT2D eigenvalue weighted by Crippen LogP contribution is 2.30. The molecule has 1 aromatic carbocycles. The number of urea groups is 1. The predicted octanol–water partition coefficient (Wildman–Crippen LogP) is 3.32. The van der Waals surface area contributed by atoms with E-state index in [0.717, 1.165) is 56.0 Å². The van der Waals surface area contributed by atoms with Crippen molar-refractivity contribution < 1.29 is 9.90 Å². The number of carbonyl (C=O) groups excluding carboxylic acids is 1. The Bertz CT molecular complexity index is 581. The van der Waals surface area contributed by atoms with E-state index in [1.807, 2.05) is 23.9 Å². The summed E-state index contributed by atoms with van der Waals surface area (Å²) in [6, 6.07) is 5.16. The Hall–Kier alpha value is -1.11. The van der Waals surface area contributed by atoms with Crippen molar-refractivity contribution in [3.8, 4) is 0 Å². The Balaban J connectivity index is 1.58. The summed E-state index contributed by atoms with van der Waals surface area (Å²) < 4.78 is 0. The average Bonchev–Trinajstić information content (AvgIpc) is 2.58. The third kappa shape index (κ3) is 4.49. The van der Waals surface area contributed by atoms with Crippen molar-refractivity contribution in [2.24, 2.45) is 0 Å². The summed E-state index contributed by atoms with van der Waals surface area (Å²) in [7, 11) is 0. The molecule has 2 unspecified atom stereocenters. The molecule has 3 N–H and O–H groups in total. The fourth-order valence-corrected chi connectivity index (χ4v) is 4.46. The number of hydrogen-bond acceptors (Lipinski definition) is 4. The first kappa shape index (κ1) is 17.7. The van der Waals surface area contributed by atoms with Crippen LogP contribution < -0.4 is 15.5 Å². The molecule has 5 nitrogen and oxygen atoms in total. The SMILES string of the molecule is O=C(Nc1ccc(N2CCSCC2)c(Cl)c1)NC1CCCCC1O. The number of halogens is 1. The van der Waals surface area contributed by atoms with Crippen LogP contribution in [0.15, 0.2) is 18.2 Å². The van der Waals surface area contributed by atoms with Gasteiger partial charge in [-0.1, -0.05) is 24.4 Å². The summed E-state index contributed by atoms with van der Waals surface area (Å²) in [6.07, 6.45) is 3.18. The van der Waals surface area contributed by atoms with Crippen molar-refractivity contribution in [2.75, 3.05) is 34.8 Å². The first-order valence-electron chi connectivity index (χ1n) is 8.51. The van der Waals surface area contributed by atoms with Crippen molar-refractivity contribution in [3.63, 3.8) is 0 Å². The molecule has 1 aromatic rings. The number of thioether (sulfide) groups is 1. The van der Waals surface area contributed by atoms with Crippen LogP contribution in [-0.2, 0) is 0 Å². The zero-order valence-corrected chi connectivity index (χ0v) is 15.2. The summed E-state index contributed by atoms with van der Waals surface area (Å²) in [5.74, 6) is 2.23. The lowest BCUT2D eigenvalue weighted by Crippen LogP contribution is -2.46. The van der Waals surface area contributed by atoms with Gasteiger partial charge in [0.25, 0.3) is 0 Å². The van der Waals surface area contributed by atoms with Crippen LogP contribution in [0.25, 0.3) is 0 Å². The zero-order chi connectivity index (χ0) is 16.9. The summed E-state index contributed by atoms with van der Waals surface area (Å²) in [5, 5.41) is 16.3. The molecule has 0 bridgehead atoms. The third-order valence-electron chi connectivity index (χ3n) is 4.60. The van der Waals surface area contributed by atoms with Gasteiger partial charge in [0.2, 0.25) is 0 Å². The fraction of sp³-hybridized carbons (Fsp3) is 0.588. The molecule has 132 valence electrons. The molecule has 1 aliphatic carbocycles. The lowest BCUT2D eigenvalue weighted by molar-refractivity contribution is 0.0955. The highest BCUT2D eigenvalue weighted by Gasteiger charge is 2.24. The van der Waals surface area contributed by atoms with Gasteiger partial charge in [0, 0.05) is 30.3 Å². The van der Waals surface area contributed by atoms with Crippen LogP contribution >= 0.6 is 23.4 Å². The molecule has 1 aliphatic heterocycles. The fourth-order valence-electron chi connectivity index (χ4n) is 3.26. The highest BCUT2D eigenvalue weighted by atomic mass is 35.5. The minimum atomic E-state index is -0.451. The van der Waals surface area contributed by atoms with E-state index < -0.39 is 6.10 Å². The molecule has 7 heteroatoms. The van der Waals surface area contributed by atoms with Crippen molar-refractivity contribution >= 4 is 40.8 Å². The number of carbonyl (C=O) groups is 1. The minimum Gasteiger partial charge on any atom is -0.391 e. The second kappa shape index (κ2) is 8.32. The van der Waals surface area contributed by atoms with Gasteiger partial charge in [0.05, 0.1) is 22.9 Å². The molecule has 3 rings (SSSR count). The summed E-state index contributed by atoms with van der Waals surface area (Å²) in [5.41, 5.74) is 1.68. The molecule has 0 radical (unpaired) electrons. The Morgan fingerprint density at radius 1 is 1.25 bits per heavy atom. The second-order valence-corrected chi connectivity index (χ2v) is 7.95. The van der Waals surface area contributed by atoms with Gasteiger partial charge in [0.1, 0.15) is 0 Å². The number of amides is 2. The van der Waals surface area contributed by atoms with Gasteiger partial charge in [-0.2, -0.15) is 11.8 Å². The first-order valence-corrected chi connectivity index (χ1v) is 10.0. The molecule has 0 aromatic heterocycles. The smallest absolute Gasteiger partial charge is 0.319 e. The van der Waals surface area contributed by atoms with Crippen LogP contribution in [0.3, 0.4) is 0 Å². The number of nitrogens with one attached hydrogen (secondary N) is 2. The third-order valence-corrected chi connectivity index (χ3v) is 5.85. The van der Waals surface area contributed by atoms with Crippen molar-refractivity contribution in [1.82, 2.24) is 5.32 Å². The van der Waals surface area contributed by atoms with Crippen molar-refractivity contribution in [3.05, 3.63) is 23.2 Å². The van der Waals surface area contributed by atoms with Gasteiger partial charge in [-0.25, -0.2) is 4.79 Å². The molecular formula is C17H24ClN3O2S. The average molecular weight is 370 g/mol. The standard InChI is InChI=1S/C17H24ClN3O2S/c18-13-11-12(5-6-15(13)21-7-9-24-10-8-21)19-17(23)20-14-3-1-2-4-16(14)22/h5-6,11,14,16,22H,1-4,7-10H2,(H2,19,20,23). The maximum absolute atomic E-state index is 12.1. The quantitative estimate of drug-likeness (QED) is 0.764. The summed E-state index contributed by atoms with van der Waals surface area (Å²) in [4.78, 5) is 14.4. The van der Waals surface area contributed by atoms with Gasteiger partial charge in [-0.05, 0) is 31.0 Å². The van der Waals surface area contributed by atoms with Gasteiger partial charge >= 0.3 is 6.03 Å². The van der Waals surface area contributed by atoms with E-state index >= 15 is 0 Å². The molecule has 1 saturated carbocycles. The molecule has 2 aliphatic rings. The number of nitrogens with zero attached hydrogens (tertiary/aromatic N) is 1. The van der Waals surface area contributed by atoms with E-state index in [-0.39, 0.29) is 12.1 Å². The largest absolute Gasteiger partial charge is 0.391 e. The van der Waals surface area contributed by atoms with Gasteiger partial charge < -0.3 is 20.6 Å². The van der Waals surface area contributed by atoms with Crippen LogP contribution in [0.4, 0.5) is 16.2 Å². The second-order valence-electron chi connectivity index (χ2n) is 6.32. The summed E-state index contributed by atoms with van der Waals surface area (Å²) in [6.45, 7) is 1.99. The number of anilines is 2. The van der Waals surface area contributed by atoms with Crippen molar-refractivity contribution in [1.29, 1.82) is 0 Å². The highest BCUT2D eigenvalue weighted by molar-refractivity contribution is 7.99. The van der Waals surface area contributed by atoms with Crippen LogP contribution in [0.1, 0.15) is 25.7 Å². The molecule has 0 spiro atoms. The van der Waals surface area contributed by atoms with Gasteiger partial charge in [-0.15, -0.1) is 0 Å². The van der Waals surface area contributed by atoms with E-state index in [9.17, 15) is 9.90 Å². The van der Waals surface area contributed by atoms with Gasteiger partial charge in [0.15, 0.2) is 0 Å². The predicted molar refractivity (Wildman–Crippen MR) is 101 cm³/mol. The minimum absolute atomic E-state index is 0.167. The number of benzene rings is 1. The summed E-state index contributed by atoms with van der Waals surface area (Å²) >= 11 is 8.36. The van der Waals surface area contributed by atoms with Crippen LogP contribution in [-0.4, -0.2) is 47.9 Å². The topological polar surface area (TPSA) is 64.6 Å². The van der Waals surface area contributed by atoms with Crippen molar-refractivity contribution in [2.45, 2.75) is 37.8 Å². The molecule has 2 amide bonds. The van der Waals surface area contributed by atoms with E-state index in [2.05, 4.69) is 15.5 Å². The lowest BCUT2D eigenvalue weighted by atomic mass is 9.93. The zero-order valence-electron chi connectivity index (χ0n) is 13.6. The number of aliphatic hydroxyl groups excluding tert-OH is 1. The number of aliphatic hydroxyl groups is 1. The van der Waals surface area contributed by atoms with E-state index in [0.29, 0.717) is 10.7 Å². The molecule has 24 heavy (non-hydrogen) atoms. The Morgan fingerprint density at radius 3 is 2.71 bits per heavy atom. The number of rotatable bonds is 3. The molecule has 2 atom stereocenters. The maximum Gasteiger partial charge on any atom is 0.319 e. The van der Waals surface area contributed by atoms with Crippen LogP contribution in [0.5, 0.6) is 0 Å². The lowest BCUT2D eigenvalue weighted by Gasteiger charge is -2.29. The van der Waals surface area contributed by atoms with E-state index in [1.165, 1.54) is 0 Å². The Morgan fingerprint density at radius 2 is 2.00 bits per heavy atom. The first-order chi connectivity index (χ1) is 11.6. The van der Waals surface area contributed by atoms with Crippen LogP contribution in [0.2, 0.25) is 5.02 Å². The molecular weight excluding hydrogens is 346 g/mol. The Kier molecular flexibility index (Phi) is 6.14. The van der Waals surface area contributed by atoms with E-state index in [4.69, 9.17) is 11.6 Å². The monoisotopic (exact) mass is 369 g/mol. The van der Waals surface area contributed by atoms with E-state index in [1.54, 1.807) is 6.07 Å².